The second kappa shape index (κ2) is 7.38. The first-order chi connectivity index (χ1) is 9.76. The maximum Gasteiger partial charge on any atom is 0.0719 e. The van der Waals surface area contributed by atoms with Gasteiger partial charge in [0.25, 0.3) is 0 Å². The molecule has 0 saturated carbocycles. The van der Waals surface area contributed by atoms with Crippen LogP contribution in [0.4, 0.5) is 0 Å². The van der Waals surface area contributed by atoms with Gasteiger partial charge in [0.15, 0.2) is 0 Å². The predicted molar refractivity (Wildman–Crippen MR) is 80.0 cm³/mol. The number of fused-ring (bicyclic) bond motifs is 1. The first-order valence-electron chi connectivity index (χ1n) is 6.90. The number of aromatic nitrogens is 2. The van der Waals surface area contributed by atoms with E-state index in [9.17, 15) is 0 Å². The molecule has 0 amide bonds. The Morgan fingerprint density at radius 3 is 2.85 bits per heavy atom. The van der Waals surface area contributed by atoms with E-state index in [1.165, 1.54) is 5.39 Å². The molecule has 1 atom stereocenters. The normalized spacial score (nSPS) is 12.9. The van der Waals surface area contributed by atoms with Crippen molar-refractivity contribution in [3.05, 3.63) is 30.0 Å². The van der Waals surface area contributed by atoms with E-state index in [4.69, 9.17) is 9.47 Å². The number of rotatable bonds is 8. The van der Waals surface area contributed by atoms with Gasteiger partial charge in [-0.1, -0.05) is 18.2 Å². The van der Waals surface area contributed by atoms with Crippen molar-refractivity contribution in [3.8, 4) is 0 Å². The van der Waals surface area contributed by atoms with Crippen LogP contribution in [0.15, 0.2) is 24.3 Å². The van der Waals surface area contributed by atoms with Gasteiger partial charge in [-0.2, -0.15) is 5.10 Å². The Labute approximate surface area is 119 Å². The van der Waals surface area contributed by atoms with Crippen LogP contribution in [0.3, 0.4) is 0 Å². The van der Waals surface area contributed by atoms with Gasteiger partial charge < -0.3 is 14.8 Å². The summed E-state index contributed by atoms with van der Waals surface area (Å²) in [7, 11) is 5.61. The smallest absolute Gasteiger partial charge is 0.0719 e. The minimum absolute atomic E-state index is 0.255. The van der Waals surface area contributed by atoms with E-state index in [2.05, 4.69) is 28.6 Å². The Hall–Kier alpha value is -1.43. The lowest BCUT2D eigenvalue weighted by molar-refractivity contribution is 0.0597. The number of ether oxygens (including phenoxy) is 2. The molecule has 1 heterocycles. The van der Waals surface area contributed by atoms with Crippen molar-refractivity contribution in [1.29, 1.82) is 0 Å². The molecule has 0 spiro atoms. The van der Waals surface area contributed by atoms with Crippen molar-refractivity contribution >= 4 is 10.9 Å². The fraction of sp³-hybridized carbons (Fsp3) is 0.533. The Bertz CT molecular complexity index is 539. The highest BCUT2D eigenvalue weighted by Crippen LogP contribution is 2.18. The highest BCUT2D eigenvalue weighted by molar-refractivity contribution is 5.81. The molecule has 1 aromatic carbocycles. The van der Waals surface area contributed by atoms with E-state index < -0.39 is 0 Å². The Morgan fingerprint density at radius 2 is 2.10 bits per heavy atom. The molecule has 2 aromatic rings. The predicted octanol–water partition coefficient (Wildman–Crippen LogP) is 1.37. The van der Waals surface area contributed by atoms with Crippen LogP contribution in [0.1, 0.15) is 5.69 Å². The fourth-order valence-corrected chi connectivity index (χ4v) is 2.29. The van der Waals surface area contributed by atoms with E-state index in [1.54, 1.807) is 7.11 Å². The zero-order valence-corrected chi connectivity index (χ0v) is 12.4. The van der Waals surface area contributed by atoms with Crippen molar-refractivity contribution in [2.24, 2.45) is 7.05 Å². The maximum absolute atomic E-state index is 5.60. The lowest BCUT2D eigenvalue weighted by Crippen LogP contribution is -2.33. The SMILES string of the molecule is CNC(COCCOC)Cc1nn(C)c2ccccc12. The quantitative estimate of drug-likeness (QED) is 0.740. The minimum Gasteiger partial charge on any atom is -0.382 e. The zero-order chi connectivity index (χ0) is 14.4. The van der Waals surface area contributed by atoms with Crippen LogP contribution in [0.25, 0.3) is 10.9 Å². The van der Waals surface area contributed by atoms with E-state index >= 15 is 0 Å². The molecule has 1 N–H and O–H groups in total. The molecule has 5 nitrogen and oxygen atoms in total. The third-order valence-corrected chi connectivity index (χ3v) is 3.43. The number of hydrogen-bond acceptors (Lipinski definition) is 4. The van der Waals surface area contributed by atoms with Crippen LogP contribution < -0.4 is 5.32 Å². The first kappa shape index (κ1) is 15.0. The molecule has 110 valence electrons. The zero-order valence-electron chi connectivity index (χ0n) is 12.4. The molecular formula is C15H23N3O2. The summed E-state index contributed by atoms with van der Waals surface area (Å²) in [4.78, 5) is 0. The van der Waals surface area contributed by atoms with Gasteiger partial charge in [0.05, 0.1) is 31.0 Å². The van der Waals surface area contributed by atoms with Crippen LogP contribution in [0, 0.1) is 0 Å². The van der Waals surface area contributed by atoms with Crippen LogP contribution in [0.2, 0.25) is 0 Å². The summed E-state index contributed by atoms with van der Waals surface area (Å²) in [5.41, 5.74) is 2.27. The monoisotopic (exact) mass is 277 g/mol. The lowest BCUT2D eigenvalue weighted by Gasteiger charge is -2.15. The number of nitrogens with zero attached hydrogens (tertiary/aromatic N) is 2. The fourth-order valence-electron chi connectivity index (χ4n) is 2.29. The van der Waals surface area contributed by atoms with Gasteiger partial charge in [-0.05, 0) is 13.1 Å². The number of benzene rings is 1. The Kier molecular flexibility index (Phi) is 5.52. The minimum atomic E-state index is 0.255. The Balaban J connectivity index is 2.02. The van der Waals surface area contributed by atoms with Gasteiger partial charge >= 0.3 is 0 Å². The van der Waals surface area contributed by atoms with E-state index in [0.717, 1.165) is 17.6 Å². The molecule has 0 aliphatic heterocycles. The summed E-state index contributed by atoms with van der Waals surface area (Å²) >= 11 is 0. The molecule has 0 radical (unpaired) electrons. The van der Waals surface area contributed by atoms with Crippen LogP contribution >= 0.6 is 0 Å². The van der Waals surface area contributed by atoms with Crippen molar-refractivity contribution < 1.29 is 9.47 Å². The highest BCUT2D eigenvalue weighted by atomic mass is 16.5. The van der Waals surface area contributed by atoms with E-state index in [0.29, 0.717) is 19.8 Å². The maximum atomic E-state index is 5.60. The number of likely N-dealkylation sites (N-methyl/N-ethyl adjacent to an activating group) is 1. The standard InChI is InChI=1S/C15H23N3O2/c1-16-12(11-20-9-8-19-3)10-14-13-6-4-5-7-15(13)18(2)17-14/h4-7,12,16H,8-11H2,1-3H3. The molecule has 5 heteroatoms. The summed E-state index contributed by atoms with van der Waals surface area (Å²) < 4.78 is 12.5. The summed E-state index contributed by atoms with van der Waals surface area (Å²) in [5.74, 6) is 0. The van der Waals surface area contributed by atoms with Gasteiger partial charge in [0.2, 0.25) is 0 Å². The van der Waals surface area contributed by atoms with Crippen molar-refractivity contribution in [1.82, 2.24) is 15.1 Å². The van der Waals surface area contributed by atoms with Gasteiger partial charge in [-0.3, -0.25) is 4.68 Å². The summed E-state index contributed by atoms with van der Waals surface area (Å²) in [6.45, 7) is 1.91. The molecule has 0 bridgehead atoms. The van der Waals surface area contributed by atoms with Crippen LogP contribution in [0.5, 0.6) is 0 Å². The largest absolute Gasteiger partial charge is 0.382 e. The van der Waals surface area contributed by atoms with Crippen LogP contribution in [-0.4, -0.2) is 49.8 Å². The molecular weight excluding hydrogens is 254 g/mol. The molecule has 2 rings (SSSR count). The van der Waals surface area contributed by atoms with Gasteiger partial charge in [-0.15, -0.1) is 0 Å². The number of nitrogens with one attached hydrogen (secondary N) is 1. The highest BCUT2D eigenvalue weighted by Gasteiger charge is 2.13. The second-order valence-corrected chi connectivity index (χ2v) is 4.84. The van der Waals surface area contributed by atoms with E-state index in [-0.39, 0.29) is 6.04 Å². The van der Waals surface area contributed by atoms with Crippen molar-refractivity contribution in [3.63, 3.8) is 0 Å². The molecule has 1 unspecified atom stereocenters. The van der Waals surface area contributed by atoms with E-state index in [1.807, 2.05) is 24.8 Å². The van der Waals surface area contributed by atoms with Gasteiger partial charge in [0.1, 0.15) is 0 Å². The Morgan fingerprint density at radius 1 is 1.30 bits per heavy atom. The summed E-state index contributed by atoms with van der Waals surface area (Å²) in [6, 6.07) is 8.56. The third kappa shape index (κ3) is 3.56. The second-order valence-electron chi connectivity index (χ2n) is 4.84. The van der Waals surface area contributed by atoms with Gasteiger partial charge in [-0.25, -0.2) is 0 Å². The third-order valence-electron chi connectivity index (χ3n) is 3.43. The number of hydrogen-bond donors (Lipinski definition) is 1. The number of methoxy groups -OCH3 is 1. The average Bonchev–Trinajstić information content (AvgIpc) is 2.79. The molecule has 0 aliphatic rings. The lowest BCUT2D eigenvalue weighted by atomic mass is 10.1. The number of aryl methyl sites for hydroxylation is 1. The summed E-state index contributed by atoms with van der Waals surface area (Å²) in [5, 5.41) is 9.12. The molecule has 20 heavy (non-hydrogen) atoms. The first-order valence-corrected chi connectivity index (χ1v) is 6.90. The molecule has 0 aliphatic carbocycles. The number of para-hydroxylation sites is 1. The molecule has 0 saturated heterocycles. The topological polar surface area (TPSA) is 48.3 Å². The van der Waals surface area contributed by atoms with Crippen molar-refractivity contribution in [2.45, 2.75) is 12.5 Å². The van der Waals surface area contributed by atoms with Gasteiger partial charge in [0, 0.05) is 32.0 Å². The molecule has 1 aromatic heterocycles. The average molecular weight is 277 g/mol. The molecule has 0 fully saturated rings. The van der Waals surface area contributed by atoms with Crippen molar-refractivity contribution in [2.75, 3.05) is 34.0 Å². The van der Waals surface area contributed by atoms with Crippen LogP contribution in [-0.2, 0) is 22.9 Å². The summed E-state index contributed by atoms with van der Waals surface area (Å²) in [6.07, 6.45) is 0.852.